The molecule has 2 unspecified atom stereocenters. The molecule has 30 heavy (non-hydrogen) atoms. The number of halogens is 7. The first kappa shape index (κ1) is 22.4. The number of rotatable bonds is 6. The highest BCUT2D eigenvalue weighted by Crippen LogP contribution is 2.43. The fourth-order valence-electron chi connectivity index (χ4n) is 3.73. The molecule has 0 heterocycles. The Balaban J connectivity index is 1.83. The third kappa shape index (κ3) is 4.73. The summed E-state index contributed by atoms with van der Waals surface area (Å²) in [5.74, 6) is -5.86. The van der Waals surface area contributed by atoms with E-state index in [0.29, 0.717) is 12.0 Å². The van der Waals surface area contributed by atoms with Crippen LogP contribution in [0.3, 0.4) is 0 Å². The molecule has 3 rings (SSSR count). The molecule has 0 saturated carbocycles. The highest BCUT2D eigenvalue weighted by atomic mass is 19.3. The zero-order chi connectivity index (χ0) is 22.1. The van der Waals surface area contributed by atoms with Gasteiger partial charge in [0.1, 0.15) is 23.3 Å². The second-order valence-corrected chi connectivity index (χ2v) is 7.47. The van der Waals surface area contributed by atoms with E-state index in [1.54, 1.807) is 6.08 Å². The van der Waals surface area contributed by atoms with Gasteiger partial charge in [0.15, 0.2) is 17.8 Å². The predicted octanol–water partition coefficient (Wildman–Crippen LogP) is 7.71. The van der Waals surface area contributed by atoms with Crippen LogP contribution in [0.4, 0.5) is 30.7 Å². The van der Waals surface area contributed by atoms with Crippen LogP contribution in [0, 0.1) is 0 Å². The van der Waals surface area contributed by atoms with Crippen molar-refractivity contribution in [1.29, 1.82) is 0 Å². The quantitative estimate of drug-likeness (QED) is 0.389. The number of hydrogen-bond acceptors (Lipinski definition) is 1. The van der Waals surface area contributed by atoms with Gasteiger partial charge in [-0.1, -0.05) is 31.1 Å². The fraction of sp³-hybridized carbons (Fsp3) is 0.455. The molecular formula is C22H21F7O. The van der Waals surface area contributed by atoms with Crippen molar-refractivity contribution in [2.45, 2.75) is 63.9 Å². The topological polar surface area (TPSA) is 9.23 Å². The second kappa shape index (κ2) is 8.86. The molecule has 0 saturated heterocycles. The monoisotopic (exact) mass is 434 g/mol. The van der Waals surface area contributed by atoms with Gasteiger partial charge in [0.25, 0.3) is 0 Å². The molecular weight excluding hydrogens is 413 g/mol. The third-order valence-corrected chi connectivity index (χ3v) is 5.23. The van der Waals surface area contributed by atoms with Crippen molar-refractivity contribution in [2.75, 3.05) is 0 Å². The maximum absolute atomic E-state index is 14.6. The lowest BCUT2D eigenvalue weighted by Crippen LogP contribution is -2.32. The number of alkyl halides is 4. The van der Waals surface area contributed by atoms with Gasteiger partial charge >= 0.3 is 6.11 Å². The summed E-state index contributed by atoms with van der Waals surface area (Å²) in [5.41, 5.74) is 0.629. The van der Waals surface area contributed by atoms with Crippen LogP contribution in [0.1, 0.15) is 45.4 Å². The van der Waals surface area contributed by atoms with E-state index in [0.717, 1.165) is 25.3 Å². The van der Waals surface area contributed by atoms with Gasteiger partial charge in [0.05, 0.1) is 0 Å². The van der Waals surface area contributed by atoms with Crippen molar-refractivity contribution in [1.82, 2.24) is 0 Å². The molecule has 2 atom stereocenters. The zero-order valence-electron chi connectivity index (χ0n) is 16.3. The molecule has 0 fully saturated rings. The van der Waals surface area contributed by atoms with Crippen LogP contribution in [0.5, 0.6) is 0 Å². The summed E-state index contributed by atoms with van der Waals surface area (Å²) < 4.78 is 102. The van der Waals surface area contributed by atoms with E-state index in [2.05, 4.69) is 4.74 Å². The smallest absolute Gasteiger partial charge is 0.428 e. The summed E-state index contributed by atoms with van der Waals surface area (Å²) in [7, 11) is 0. The molecule has 1 nitrogen and oxygen atoms in total. The molecule has 0 N–H and O–H groups in total. The summed E-state index contributed by atoms with van der Waals surface area (Å²) in [4.78, 5) is 0. The minimum absolute atomic E-state index is 0.252. The molecule has 164 valence electrons. The van der Waals surface area contributed by atoms with Gasteiger partial charge in [-0.2, -0.15) is 8.78 Å². The molecule has 0 aromatic rings. The summed E-state index contributed by atoms with van der Waals surface area (Å²) in [5, 5.41) is 0. The Hall–Kier alpha value is -2.25. The van der Waals surface area contributed by atoms with Crippen molar-refractivity contribution in [3.05, 3.63) is 69.8 Å². The Morgan fingerprint density at radius 1 is 0.933 bits per heavy atom. The molecule has 0 radical (unpaired) electrons. The third-order valence-electron chi connectivity index (χ3n) is 5.23. The van der Waals surface area contributed by atoms with Gasteiger partial charge in [0, 0.05) is 18.9 Å². The highest BCUT2D eigenvalue weighted by Gasteiger charge is 2.47. The molecule has 0 aliphatic heterocycles. The zero-order valence-corrected chi connectivity index (χ0v) is 16.3. The van der Waals surface area contributed by atoms with Crippen molar-refractivity contribution < 1.29 is 35.5 Å². The summed E-state index contributed by atoms with van der Waals surface area (Å²) in [6.45, 7) is 2.04. The van der Waals surface area contributed by atoms with E-state index < -0.39 is 60.1 Å². The Bertz CT molecular complexity index is 889. The Morgan fingerprint density at radius 2 is 1.67 bits per heavy atom. The molecule has 0 spiro atoms. The Labute approximate surface area is 170 Å². The minimum Gasteiger partial charge on any atom is -0.433 e. The summed E-state index contributed by atoms with van der Waals surface area (Å²) in [6.07, 6.45) is -2.92. The Morgan fingerprint density at radius 3 is 2.23 bits per heavy atom. The van der Waals surface area contributed by atoms with Crippen LogP contribution >= 0.6 is 0 Å². The first-order valence-electron chi connectivity index (χ1n) is 9.72. The molecule has 3 aliphatic carbocycles. The van der Waals surface area contributed by atoms with Crippen LogP contribution < -0.4 is 0 Å². The number of allylic oxidation sites excluding steroid dienone is 11. The van der Waals surface area contributed by atoms with Gasteiger partial charge in [-0.05, 0) is 36.5 Å². The van der Waals surface area contributed by atoms with Gasteiger partial charge in [0.2, 0.25) is 0 Å². The first-order valence-corrected chi connectivity index (χ1v) is 9.72. The van der Waals surface area contributed by atoms with E-state index in [9.17, 15) is 30.7 Å². The van der Waals surface area contributed by atoms with E-state index in [1.807, 2.05) is 13.0 Å². The largest absolute Gasteiger partial charge is 0.433 e. The summed E-state index contributed by atoms with van der Waals surface area (Å²) in [6, 6.07) is 0. The lowest BCUT2D eigenvalue weighted by atomic mass is 9.85. The van der Waals surface area contributed by atoms with Crippen molar-refractivity contribution in [3.8, 4) is 0 Å². The van der Waals surface area contributed by atoms with Crippen LogP contribution in [0.2, 0.25) is 0 Å². The number of hydrogen-bond donors (Lipinski definition) is 0. The lowest BCUT2D eigenvalue weighted by molar-refractivity contribution is -0.192. The van der Waals surface area contributed by atoms with Gasteiger partial charge in [-0.25, -0.2) is 22.0 Å². The van der Waals surface area contributed by atoms with E-state index in [4.69, 9.17) is 0 Å². The summed E-state index contributed by atoms with van der Waals surface area (Å²) >= 11 is 0. The van der Waals surface area contributed by atoms with Gasteiger partial charge < -0.3 is 4.74 Å². The Kier molecular flexibility index (Phi) is 6.62. The van der Waals surface area contributed by atoms with Crippen molar-refractivity contribution >= 4 is 0 Å². The molecule has 3 aliphatic rings. The first-order chi connectivity index (χ1) is 14.1. The molecule has 0 aromatic heterocycles. The van der Waals surface area contributed by atoms with Gasteiger partial charge in [-0.15, -0.1) is 0 Å². The van der Waals surface area contributed by atoms with E-state index >= 15 is 0 Å². The highest BCUT2D eigenvalue weighted by molar-refractivity contribution is 5.46. The van der Waals surface area contributed by atoms with Crippen LogP contribution in [-0.4, -0.2) is 18.5 Å². The number of ether oxygens (including phenoxy) is 1. The normalized spacial score (nSPS) is 25.6. The average Bonchev–Trinajstić information content (AvgIpc) is 2.65. The van der Waals surface area contributed by atoms with Gasteiger partial charge in [-0.3, -0.25) is 0 Å². The van der Waals surface area contributed by atoms with E-state index in [-0.39, 0.29) is 11.6 Å². The fourth-order valence-corrected chi connectivity index (χ4v) is 3.73. The second-order valence-electron chi connectivity index (χ2n) is 7.47. The average molecular weight is 434 g/mol. The maximum Gasteiger partial charge on any atom is 0.428 e. The van der Waals surface area contributed by atoms with Crippen molar-refractivity contribution in [3.63, 3.8) is 0 Å². The maximum atomic E-state index is 14.6. The minimum atomic E-state index is -4.49. The van der Waals surface area contributed by atoms with Crippen molar-refractivity contribution in [2.24, 2.45) is 0 Å². The van der Waals surface area contributed by atoms with Crippen LogP contribution in [0.15, 0.2) is 69.8 Å². The standard InChI is InChI=1S/C22H21F7O/c1-2-3-12-4-6-13(7-5-12)14-8-16(23)20(17(24)9-14)22(28,29)30-15-10-18(25)21(27)19(26)11-15/h4,6,8,10,17,19H,2-3,5,7,9,11H2,1H3. The molecule has 0 amide bonds. The molecule has 0 bridgehead atoms. The molecule has 0 aromatic carbocycles. The van der Waals surface area contributed by atoms with Crippen LogP contribution in [-0.2, 0) is 4.74 Å². The predicted molar refractivity (Wildman–Crippen MR) is 98.9 cm³/mol. The van der Waals surface area contributed by atoms with Crippen LogP contribution in [0.25, 0.3) is 0 Å². The lowest BCUT2D eigenvalue weighted by Gasteiger charge is -2.29. The molecule has 8 heteroatoms. The van der Waals surface area contributed by atoms with E-state index in [1.165, 1.54) is 5.57 Å². The SMILES string of the molecule is CCCC1=CC=C(C2=CC(F)=C(C(F)(F)OC3=CC(F)=C(F)C(F)C3)C(F)C2)CC1.